The predicted molar refractivity (Wildman–Crippen MR) is 165 cm³/mol. The van der Waals surface area contributed by atoms with E-state index in [1.807, 2.05) is 48.5 Å². The molecule has 0 amide bonds. The van der Waals surface area contributed by atoms with E-state index in [1.165, 1.54) is 9.13 Å². The lowest BCUT2D eigenvalue weighted by atomic mass is 10.0. The second kappa shape index (κ2) is 12.2. The standard InChI is InChI=1S/C34H28N4O8/c39-18-37-15-22(24-8-1-3-10-28(24)37)13-26-32(42)45-31(35-26)30(41)21-7-5-6-20(12-21)17-44-34-36-27(33(43)46-34)14-23-16-38(19-40)29-11-4-2-9-25(23)29/h1-12,15-16,18-19,26-27,31,34-36H,13-14,17H2/t26-,27-,31-,34-/m0/s1. The lowest BCUT2D eigenvalue weighted by Crippen LogP contribution is -2.38. The third-order valence-corrected chi connectivity index (χ3v) is 8.29. The molecule has 2 aliphatic heterocycles. The predicted octanol–water partition coefficient (Wildman–Crippen LogP) is 2.50. The number of para-hydroxylation sites is 2. The summed E-state index contributed by atoms with van der Waals surface area (Å²) in [6.07, 6.45) is 3.18. The highest BCUT2D eigenvalue weighted by molar-refractivity contribution is 6.02. The van der Waals surface area contributed by atoms with Crippen molar-refractivity contribution in [3.8, 4) is 0 Å². The number of esters is 2. The van der Waals surface area contributed by atoms with Crippen LogP contribution in [0.2, 0.25) is 0 Å². The van der Waals surface area contributed by atoms with Crippen molar-refractivity contribution in [2.24, 2.45) is 0 Å². The molecule has 0 bridgehead atoms. The average molecular weight is 621 g/mol. The highest BCUT2D eigenvalue weighted by Gasteiger charge is 2.39. The highest BCUT2D eigenvalue weighted by Crippen LogP contribution is 2.25. The minimum absolute atomic E-state index is 0.0323. The van der Waals surface area contributed by atoms with Crippen molar-refractivity contribution in [3.63, 3.8) is 0 Å². The van der Waals surface area contributed by atoms with Gasteiger partial charge in [-0.3, -0.25) is 38.4 Å². The summed E-state index contributed by atoms with van der Waals surface area (Å²) in [5, 5.41) is 7.72. The zero-order valence-corrected chi connectivity index (χ0v) is 24.3. The molecule has 0 aliphatic carbocycles. The lowest BCUT2D eigenvalue weighted by molar-refractivity contribution is -0.167. The molecular formula is C34H28N4O8. The topological polar surface area (TPSA) is 147 Å². The SMILES string of the molecule is O=Cn1cc(C[C@@H]2N[C@@H](OCc3cccc(C(=O)[C@H]4N[C@@H](Cc5cn(C=O)c6ccccc56)C(=O)O4)c3)OC2=O)c2ccccc21. The molecule has 7 rings (SSSR count). The number of benzene rings is 3. The van der Waals surface area contributed by atoms with Crippen LogP contribution in [-0.2, 0) is 52.8 Å². The molecule has 232 valence electrons. The Morgan fingerprint density at radius 2 is 1.35 bits per heavy atom. The fourth-order valence-corrected chi connectivity index (χ4v) is 6.06. The first-order chi connectivity index (χ1) is 22.4. The van der Waals surface area contributed by atoms with Crippen LogP contribution < -0.4 is 10.6 Å². The quantitative estimate of drug-likeness (QED) is 0.128. The van der Waals surface area contributed by atoms with Crippen LogP contribution in [0.3, 0.4) is 0 Å². The molecule has 2 fully saturated rings. The first-order valence-corrected chi connectivity index (χ1v) is 14.7. The number of Topliss-reactive ketones (excluding diaryl/α,β-unsaturated/α-hetero) is 1. The van der Waals surface area contributed by atoms with E-state index in [0.717, 1.165) is 39.3 Å². The number of nitrogens with one attached hydrogen (secondary N) is 2. The van der Waals surface area contributed by atoms with Crippen molar-refractivity contribution in [2.75, 3.05) is 0 Å². The molecule has 12 heteroatoms. The molecule has 0 radical (unpaired) electrons. The summed E-state index contributed by atoms with van der Waals surface area (Å²) < 4.78 is 19.5. The second-order valence-corrected chi connectivity index (χ2v) is 11.2. The van der Waals surface area contributed by atoms with Crippen molar-refractivity contribution >= 4 is 52.3 Å². The maximum Gasteiger partial charge on any atom is 0.326 e. The van der Waals surface area contributed by atoms with Gasteiger partial charge in [0.1, 0.15) is 12.1 Å². The molecule has 0 saturated carbocycles. The number of fused-ring (bicyclic) bond motifs is 2. The fraction of sp³-hybridized carbons (Fsp3) is 0.206. The summed E-state index contributed by atoms with van der Waals surface area (Å²) in [6.45, 7) is 0.0323. The van der Waals surface area contributed by atoms with E-state index in [2.05, 4.69) is 10.6 Å². The molecule has 2 aromatic heterocycles. The van der Waals surface area contributed by atoms with Gasteiger partial charge in [0.05, 0.1) is 17.6 Å². The van der Waals surface area contributed by atoms with E-state index in [4.69, 9.17) is 14.2 Å². The summed E-state index contributed by atoms with van der Waals surface area (Å²) >= 11 is 0. The normalized spacial score (nSPS) is 21.0. The van der Waals surface area contributed by atoms with Crippen molar-refractivity contribution in [1.29, 1.82) is 0 Å². The van der Waals surface area contributed by atoms with Crippen molar-refractivity contribution < 1.29 is 38.2 Å². The van der Waals surface area contributed by atoms with Gasteiger partial charge in [0.2, 0.25) is 24.8 Å². The Hall–Kier alpha value is -5.43. The van der Waals surface area contributed by atoms with Crippen LogP contribution in [0.5, 0.6) is 0 Å². The van der Waals surface area contributed by atoms with Gasteiger partial charge in [0.15, 0.2) is 0 Å². The van der Waals surface area contributed by atoms with E-state index >= 15 is 0 Å². The molecule has 5 aromatic rings. The molecule has 0 spiro atoms. The number of ether oxygens (including phenoxy) is 3. The first kappa shape index (κ1) is 29.3. The summed E-state index contributed by atoms with van der Waals surface area (Å²) in [6, 6.07) is 20.1. The van der Waals surface area contributed by atoms with E-state index in [-0.39, 0.29) is 13.0 Å². The molecule has 12 nitrogen and oxygen atoms in total. The molecule has 2 N–H and O–H groups in total. The second-order valence-electron chi connectivity index (χ2n) is 11.2. The Morgan fingerprint density at radius 3 is 1.98 bits per heavy atom. The van der Waals surface area contributed by atoms with Gasteiger partial charge in [0, 0.05) is 41.6 Å². The molecule has 4 atom stereocenters. The smallest absolute Gasteiger partial charge is 0.326 e. The van der Waals surface area contributed by atoms with Crippen LogP contribution in [0, 0.1) is 0 Å². The number of carbonyl (C=O) groups is 5. The molecular weight excluding hydrogens is 592 g/mol. The van der Waals surface area contributed by atoms with E-state index < -0.39 is 42.4 Å². The Balaban J connectivity index is 0.964. The first-order valence-electron chi connectivity index (χ1n) is 14.7. The number of cyclic esters (lactones) is 2. The molecule has 46 heavy (non-hydrogen) atoms. The van der Waals surface area contributed by atoms with Crippen molar-refractivity contribution in [1.82, 2.24) is 19.8 Å². The highest BCUT2D eigenvalue weighted by atomic mass is 16.7. The summed E-state index contributed by atoms with van der Waals surface area (Å²) in [5.41, 5.74) is 4.03. The van der Waals surface area contributed by atoms with Crippen LogP contribution >= 0.6 is 0 Å². The van der Waals surface area contributed by atoms with E-state index in [1.54, 1.807) is 36.7 Å². The Bertz CT molecular complexity index is 2010. The van der Waals surface area contributed by atoms with Gasteiger partial charge >= 0.3 is 11.9 Å². The number of nitrogens with zero attached hydrogens (tertiary/aromatic N) is 2. The van der Waals surface area contributed by atoms with Gasteiger partial charge in [-0.05, 0) is 34.9 Å². The molecule has 4 heterocycles. The molecule has 0 unspecified atom stereocenters. The zero-order valence-electron chi connectivity index (χ0n) is 24.3. The number of hydrogen-bond donors (Lipinski definition) is 2. The number of ketones is 1. The van der Waals surface area contributed by atoms with Gasteiger partial charge in [-0.1, -0.05) is 54.6 Å². The van der Waals surface area contributed by atoms with Crippen molar-refractivity contribution in [3.05, 3.63) is 107 Å². The van der Waals surface area contributed by atoms with Gasteiger partial charge in [-0.25, -0.2) is 5.32 Å². The summed E-state index contributed by atoms with van der Waals surface area (Å²) in [4.78, 5) is 61.6. The number of aromatic nitrogens is 2. The molecule has 2 aliphatic rings. The fourth-order valence-electron chi connectivity index (χ4n) is 6.06. The minimum atomic E-state index is -1.17. The van der Waals surface area contributed by atoms with E-state index in [9.17, 15) is 24.0 Å². The van der Waals surface area contributed by atoms with Crippen LogP contribution in [-0.4, -0.2) is 64.4 Å². The van der Waals surface area contributed by atoms with Gasteiger partial charge < -0.3 is 14.2 Å². The van der Waals surface area contributed by atoms with Crippen LogP contribution in [0.1, 0.15) is 27.0 Å². The maximum atomic E-state index is 13.3. The van der Waals surface area contributed by atoms with Crippen LogP contribution in [0.4, 0.5) is 0 Å². The number of hydrogen-bond acceptors (Lipinski definition) is 10. The minimum Gasteiger partial charge on any atom is -0.437 e. The summed E-state index contributed by atoms with van der Waals surface area (Å²) in [7, 11) is 0. The Morgan fingerprint density at radius 1 is 0.761 bits per heavy atom. The van der Waals surface area contributed by atoms with Crippen LogP contribution in [0.25, 0.3) is 21.8 Å². The lowest BCUT2D eigenvalue weighted by Gasteiger charge is -2.13. The monoisotopic (exact) mass is 620 g/mol. The largest absolute Gasteiger partial charge is 0.437 e. The Kier molecular flexibility index (Phi) is 7.74. The average Bonchev–Trinajstić information content (AvgIpc) is 3.84. The third-order valence-electron chi connectivity index (χ3n) is 8.29. The van der Waals surface area contributed by atoms with Crippen molar-refractivity contribution in [2.45, 2.75) is 44.2 Å². The van der Waals surface area contributed by atoms with Crippen LogP contribution in [0.15, 0.2) is 85.2 Å². The third kappa shape index (κ3) is 5.49. The van der Waals surface area contributed by atoms with Gasteiger partial charge in [-0.2, -0.15) is 0 Å². The molecule has 3 aromatic carbocycles. The maximum absolute atomic E-state index is 13.3. The molecule has 2 saturated heterocycles. The van der Waals surface area contributed by atoms with E-state index in [0.29, 0.717) is 24.0 Å². The van der Waals surface area contributed by atoms with Gasteiger partial charge in [0.25, 0.3) is 6.41 Å². The Labute approximate surface area is 261 Å². The number of carbonyl (C=O) groups excluding carboxylic acids is 5. The number of rotatable bonds is 11. The van der Waals surface area contributed by atoms with Gasteiger partial charge in [-0.15, -0.1) is 0 Å². The zero-order chi connectivity index (χ0) is 31.8. The summed E-state index contributed by atoms with van der Waals surface area (Å²) in [5.74, 6) is -1.45.